The number of rotatable bonds is 7. The Morgan fingerprint density at radius 1 is 1.11 bits per heavy atom. The summed E-state index contributed by atoms with van der Waals surface area (Å²) in [7, 11) is -3.88. The molecule has 2 atom stereocenters. The van der Waals surface area contributed by atoms with E-state index in [0.29, 0.717) is 18.4 Å². The number of nitrogens with one attached hydrogen (secondary N) is 1. The first-order valence-electron chi connectivity index (χ1n) is 11.3. The van der Waals surface area contributed by atoms with E-state index in [1.54, 1.807) is 37.3 Å². The summed E-state index contributed by atoms with van der Waals surface area (Å²) in [4.78, 5) is 11.2. The van der Waals surface area contributed by atoms with Crippen LogP contribution in [0.15, 0.2) is 42.5 Å². The van der Waals surface area contributed by atoms with Gasteiger partial charge in [0.2, 0.25) is 15.9 Å². The highest BCUT2D eigenvalue weighted by Crippen LogP contribution is 2.52. The van der Waals surface area contributed by atoms with Crippen LogP contribution in [0.1, 0.15) is 54.5 Å². The molecule has 4 rings (SSSR count). The normalized spacial score (nSPS) is 25.1. The van der Waals surface area contributed by atoms with Crippen LogP contribution < -0.4 is 11.1 Å². The number of hydrogen-bond donors (Lipinski definition) is 2. The molecule has 0 bridgehead atoms. The molecular weight excluding hydrogens is 486 g/mol. The first-order valence-corrected chi connectivity index (χ1v) is 12.8. The van der Waals surface area contributed by atoms with Crippen LogP contribution in [0.4, 0.5) is 17.6 Å². The second kappa shape index (κ2) is 9.18. The van der Waals surface area contributed by atoms with Crippen molar-refractivity contribution < 1.29 is 30.8 Å². The van der Waals surface area contributed by atoms with Gasteiger partial charge in [-0.05, 0) is 37.5 Å². The molecule has 0 aromatic heterocycles. The molecule has 1 saturated carbocycles. The van der Waals surface area contributed by atoms with E-state index in [4.69, 9.17) is 5.73 Å². The lowest BCUT2D eigenvalue weighted by atomic mass is 9.68. The van der Waals surface area contributed by atoms with Crippen LogP contribution in [0.2, 0.25) is 0 Å². The van der Waals surface area contributed by atoms with Crippen LogP contribution in [0.3, 0.4) is 0 Å². The minimum Gasteiger partial charge on any atom is -0.369 e. The molecule has 6 nitrogen and oxygen atoms in total. The van der Waals surface area contributed by atoms with Crippen LogP contribution >= 0.6 is 0 Å². The molecule has 2 aromatic carbocycles. The molecule has 1 heterocycles. The highest BCUT2D eigenvalue weighted by atomic mass is 32.2. The third-order valence-electron chi connectivity index (χ3n) is 6.90. The van der Waals surface area contributed by atoms with E-state index in [9.17, 15) is 22.0 Å². The fourth-order valence-corrected chi connectivity index (χ4v) is 7.28. The largest absolute Gasteiger partial charge is 0.369 e. The zero-order chi connectivity index (χ0) is 25.6. The van der Waals surface area contributed by atoms with Gasteiger partial charge in [0, 0.05) is 36.6 Å². The van der Waals surface area contributed by atoms with Crippen molar-refractivity contribution in [2.75, 3.05) is 6.54 Å². The van der Waals surface area contributed by atoms with Gasteiger partial charge in [-0.3, -0.25) is 10.1 Å². The molecule has 1 amide bonds. The summed E-state index contributed by atoms with van der Waals surface area (Å²) in [5.41, 5.74) is 3.52. The molecule has 2 fully saturated rings. The van der Waals surface area contributed by atoms with Gasteiger partial charge in [0.15, 0.2) is 0 Å². The summed E-state index contributed by atoms with van der Waals surface area (Å²) in [6, 6.07) is 9.93. The van der Waals surface area contributed by atoms with E-state index in [1.807, 2.05) is 0 Å². The topological polar surface area (TPSA) is 92.5 Å². The van der Waals surface area contributed by atoms with Gasteiger partial charge in [0.1, 0.15) is 16.9 Å². The quantitative estimate of drug-likeness (QED) is 0.552. The van der Waals surface area contributed by atoms with Gasteiger partial charge in [-0.25, -0.2) is 26.0 Å². The van der Waals surface area contributed by atoms with E-state index in [2.05, 4.69) is 5.32 Å². The molecule has 0 spiro atoms. The predicted molar refractivity (Wildman–Crippen MR) is 122 cm³/mol. The van der Waals surface area contributed by atoms with E-state index >= 15 is 8.78 Å². The average molecular weight is 514 g/mol. The van der Waals surface area contributed by atoms with Crippen molar-refractivity contribution in [2.24, 2.45) is 5.73 Å². The SMILES string of the molecule is C[C@H]1CC[C@H](c2ccccc2)S(=O)(=O)N1Cc1cc(F)c(C2(NCC(N)=O)CC(F)(F)C2)cc1F. The van der Waals surface area contributed by atoms with Crippen LogP contribution in [0, 0.1) is 11.6 Å². The zero-order valence-corrected chi connectivity index (χ0v) is 19.9. The third kappa shape index (κ3) is 4.94. The highest BCUT2D eigenvalue weighted by molar-refractivity contribution is 7.89. The number of hydrogen-bond acceptors (Lipinski definition) is 4. The first kappa shape index (κ1) is 25.6. The smallest absolute Gasteiger partial charge is 0.252 e. The number of primary amides is 1. The van der Waals surface area contributed by atoms with Gasteiger partial charge in [-0.1, -0.05) is 30.3 Å². The predicted octanol–water partition coefficient (Wildman–Crippen LogP) is 3.72. The number of carbonyl (C=O) groups excluding carboxylic acids is 1. The van der Waals surface area contributed by atoms with Gasteiger partial charge in [0.05, 0.1) is 12.1 Å². The van der Waals surface area contributed by atoms with Gasteiger partial charge in [0.25, 0.3) is 5.92 Å². The van der Waals surface area contributed by atoms with E-state index in [-0.39, 0.29) is 11.1 Å². The van der Waals surface area contributed by atoms with Gasteiger partial charge in [-0.15, -0.1) is 0 Å². The number of halogens is 4. The molecule has 1 saturated heterocycles. The lowest BCUT2D eigenvalue weighted by molar-refractivity contribution is -0.142. The number of benzene rings is 2. The maximum atomic E-state index is 15.2. The van der Waals surface area contributed by atoms with E-state index < -0.39 is 76.2 Å². The Morgan fingerprint density at radius 3 is 2.37 bits per heavy atom. The van der Waals surface area contributed by atoms with Crippen molar-refractivity contribution in [3.63, 3.8) is 0 Å². The Bertz CT molecular complexity index is 1220. The van der Waals surface area contributed by atoms with E-state index in [1.165, 1.54) is 4.31 Å². The monoisotopic (exact) mass is 513 g/mol. The molecule has 3 N–H and O–H groups in total. The average Bonchev–Trinajstić information content (AvgIpc) is 2.76. The van der Waals surface area contributed by atoms with Crippen LogP contribution in [0.5, 0.6) is 0 Å². The van der Waals surface area contributed by atoms with Crippen LogP contribution in [-0.4, -0.2) is 37.1 Å². The minimum atomic E-state index is -3.88. The Morgan fingerprint density at radius 2 is 1.77 bits per heavy atom. The molecule has 2 aromatic rings. The molecule has 1 aliphatic carbocycles. The third-order valence-corrected chi connectivity index (χ3v) is 9.27. The molecule has 11 heteroatoms. The second-order valence-corrected chi connectivity index (χ2v) is 11.5. The number of amides is 1. The van der Waals surface area contributed by atoms with Gasteiger partial charge >= 0.3 is 0 Å². The Hall–Kier alpha value is -2.50. The van der Waals surface area contributed by atoms with Crippen molar-refractivity contribution >= 4 is 15.9 Å². The molecule has 35 heavy (non-hydrogen) atoms. The van der Waals surface area contributed by atoms with Crippen molar-refractivity contribution in [3.05, 3.63) is 70.8 Å². The summed E-state index contributed by atoms with van der Waals surface area (Å²) < 4.78 is 85.8. The van der Waals surface area contributed by atoms with E-state index in [0.717, 1.165) is 12.1 Å². The maximum Gasteiger partial charge on any atom is 0.252 e. The highest BCUT2D eigenvalue weighted by Gasteiger charge is 2.58. The van der Waals surface area contributed by atoms with Crippen molar-refractivity contribution in [2.45, 2.75) is 61.9 Å². The van der Waals surface area contributed by atoms with Crippen LogP contribution in [0.25, 0.3) is 0 Å². The summed E-state index contributed by atoms with van der Waals surface area (Å²) in [5.74, 6) is -5.80. The Balaban J connectivity index is 1.64. The molecule has 2 aliphatic rings. The Kier molecular flexibility index (Phi) is 6.71. The summed E-state index contributed by atoms with van der Waals surface area (Å²) in [6.45, 7) is 0.831. The van der Waals surface area contributed by atoms with Crippen molar-refractivity contribution in [1.29, 1.82) is 0 Å². The summed E-state index contributed by atoms with van der Waals surface area (Å²) in [6.07, 6.45) is -0.698. The summed E-state index contributed by atoms with van der Waals surface area (Å²) >= 11 is 0. The molecule has 1 aliphatic heterocycles. The maximum absolute atomic E-state index is 15.2. The lowest BCUT2D eigenvalue weighted by Crippen LogP contribution is -2.60. The number of alkyl halides is 2. The number of nitrogens with zero attached hydrogens (tertiary/aromatic N) is 1. The summed E-state index contributed by atoms with van der Waals surface area (Å²) in [5, 5.41) is 1.75. The molecule has 0 radical (unpaired) electrons. The second-order valence-electron chi connectivity index (χ2n) is 9.45. The standard InChI is InChI=1S/C24H27F4N3O3S/c1-15-7-8-21(16-5-3-2-4-6-16)35(33,34)31(15)12-17-9-20(26)18(10-19(17)25)23(30-11-22(29)32)13-24(27,28)14-23/h2-6,9-10,15,21,30H,7-8,11-14H2,1H3,(H2,29,32)/t15-,21+/m0/s1. The fraction of sp³-hybridized carbons (Fsp3) is 0.458. The fourth-order valence-electron chi connectivity index (χ4n) is 5.09. The molecule has 190 valence electrons. The number of sulfonamides is 1. The number of nitrogens with two attached hydrogens (primary N) is 1. The molecule has 0 unspecified atom stereocenters. The Labute approximate surface area is 201 Å². The number of carbonyl (C=O) groups is 1. The van der Waals surface area contributed by atoms with Crippen molar-refractivity contribution in [1.82, 2.24) is 9.62 Å². The first-order chi connectivity index (χ1) is 16.3. The van der Waals surface area contributed by atoms with Crippen molar-refractivity contribution in [3.8, 4) is 0 Å². The van der Waals surface area contributed by atoms with Crippen LogP contribution in [-0.2, 0) is 26.9 Å². The van der Waals surface area contributed by atoms with Gasteiger partial charge < -0.3 is 5.73 Å². The van der Waals surface area contributed by atoms with Gasteiger partial charge in [-0.2, -0.15) is 4.31 Å². The minimum absolute atomic E-state index is 0.202. The molecular formula is C24H27F4N3O3S. The lowest BCUT2D eigenvalue weighted by Gasteiger charge is -2.48. The zero-order valence-electron chi connectivity index (χ0n) is 19.1.